The fourth-order valence-electron chi connectivity index (χ4n) is 2.60. The van der Waals surface area contributed by atoms with E-state index in [2.05, 4.69) is 10.00 Å². The van der Waals surface area contributed by atoms with E-state index < -0.39 is 5.97 Å². The molecule has 1 N–H and O–H groups in total. The minimum Gasteiger partial charge on any atom is -0.481 e. The molecule has 20 heavy (non-hydrogen) atoms. The Morgan fingerprint density at radius 1 is 1.35 bits per heavy atom. The molecule has 0 bridgehead atoms. The summed E-state index contributed by atoms with van der Waals surface area (Å²) in [6, 6.07) is 9.95. The highest BCUT2D eigenvalue weighted by Crippen LogP contribution is 2.19. The van der Waals surface area contributed by atoms with Gasteiger partial charge in [-0.15, -0.1) is 0 Å². The molecule has 1 atom stereocenters. The fourth-order valence-corrected chi connectivity index (χ4v) is 2.60. The zero-order valence-electron chi connectivity index (χ0n) is 11.1. The number of aromatic nitrogens is 2. The molecule has 0 amide bonds. The highest BCUT2D eigenvalue weighted by molar-refractivity contribution is 5.70. The summed E-state index contributed by atoms with van der Waals surface area (Å²) in [5.41, 5.74) is 2.14. The van der Waals surface area contributed by atoms with Crippen molar-refractivity contribution in [2.24, 2.45) is 5.92 Å². The van der Waals surface area contributed by atoms with Gasteiger partial charge in [-0.25, -0.2) is 4.68 Å². The summed E-state index contributed by atoms with van der Waals surface area (Å²) < 4.78 is 1.85. The predicted molar refractivity (Wildman–Crippen MR) is 74.6 cm³/mol. The number of para-hydroxylation sites is 1. The summed E-state index contributed by atoms with van der Waals surface area (Å²) in [5, 5.41) is 13.4. The second-order valence-electron chi connectivity index (χ2n) is 5.19. The van der Waals surface area contributed by atoms with Crippen LogP contribution >= 0.6 is 0 Å². The van der Waals surface area contributed by atoms with Crippen LogP contribution in [-0.2, 0) is 11.3 Å². The number of likely N-dealkylation sites (tertiary alicyclic amines) is 1. The third kappa shape index (κ3) is 2.72. The highest BCUT2D eigenvalue weighted by atomic mass is 16.4. The van der Waals surface area contributed by atoms with Gasteiger partial charge in [0.15, 0.2) is 0 Å². The van der Waals surface area contributed by atoms with E-state index in [1.54, 1.807) is 0 Å². The molecule has 0 unspecified atom stereocenters. The maximum absolute atomic E-state index is 10.9. The first-order valence-corrected chi connectivity index (χ1v) is 6.76. The second-order valence-corrected chi connectivity index (χ2v) is 5.19. The molecule has 104 valence electrons. The van der Waals surface area contributed by atoms with Gasteiger partial charge in [-0.3, -0.25) is 9.69 Å². The van der Waals surface area contributed by atoms with Crippen LogP contribution in [0.2, 0.25) is 0 Å². The molecule has 1 saturated heterocycles. The first-order valence-electron chi connectivity index (χ1n) is 6.76. The van der Waals surface area contributed by atoms with Gasteiger partial charge in [0.1, 0.15) is 0 Å². The Morgan fingerprint density at radius 3 is 2.85 bits per heavy atom. The number of hydrogen-bond acceptors (Lipinski definition) is 3. The first kappa shape index (κ1) is 12.9. The van der Waals surface area contributed by atoms with Gasteiger partial charge in [0, 0.05) is 24.8 Å². The number of rotatable bonds is 4. The summed E-state index contributed by atoms with van der Waals surface area (Å²) in [4.78, 5) is 13.1. The molecule has 5 heteroatoms. The van der Waals surface area contributed by atoms with Crippen LogP contribution in [-0.4, -0.2) is 38.8 Å². The van der Waals surface area contributed by atoms with Crippen LogP contribution in [0.15, 0.2) is 42.7 Å². The molecule has 1 aromatic carbocycles. The Morgan fingerprint density at radius 2 is 2.15 bits per heavy atom. The number of carboxylic acids is 1. The molecule has 1 fully saturated rings. The summed E-state index contributed by atoms with van der Waals surface area (Å²) in [7, 11) is 0. The van der Waals surface area contributed by atoms with Gasteiger partial charge in [0.05, 0.1) is 17.8 Å². The number of benzene rings is 1. The van der Waals surface area contributed by atoms with E-state index in [9.17, 15) is 4.79 Å². The number of carbonyl (C=O) groups is 1. The van der Waals surface area contributed by atoms with Crippen LogP contribution < -0.4 is 0 Å². The molecule has 0 spiro atoms. The van der Waals surface area contributed by atoms with Crippen LogP contribution in [0.5, 0.6) is 0 Å². The zero-order chi connectivity index (χ0) is 13.9. The number of nitrogens with zero attached hydrogens (tertiary/aromatic N) is 3. The van der Waals surface area contributed by atoms with Crippen molar-refractivity contribution in [1.82, 2.24) is 14.7 Å². The zero-order valence-corrected chi connectivity index (χ0v) is 11.1. The smallest absolute Gasteiger partial charge is 0.307 e. The molecular weight excluding hydrogens is 254 g/mol. The topological polar surface area (TPSA) is 58.4 Å². The van der Waals surface area contributed by atoms with Crippen LogP contribution in [0.1, 0.15) is 12.0 Å². The van der Waals surface area contributed by atoms with Gasteiger partial charge < -0.3 is 5.11 Å². The molecule has 0 radical (unpaired) electrons. The van der Waals surface area contributed by atoms with E-state index in [0.717, 1.165) is 30.8 Å². The van der Waals surface area contributed by atoms with Gasteiger partial charge in [0.25, 0.3) is 0 Å². The van der Waals surface area contributed by atoms with Crippen LogP contribution in [0.3, 0.4) is 0 Å². The third-order valence-corrected chi connectivity index (χ3v) is 3.68. The number of hydrogen-bond donors (Lipinski definition) is 1. The first-order chi connectivity index (χ1) is 9.72. The lowest BCUT2D eigenvalue weighted by Gasteiger charge is -2.13. The molecule has 0 saturated carbocycles. The van der Waals surface area contributed by atoms with E-state index in [1.807, 2.05) is 47.4 Å². The minimum atomic E-state index is -0.688. The van der Waals surface area contributed by atoms with E-state index in [4.69, 9.17) is 5.11 Å². The van der Waals surface area contributed by atoms with Crippen molar-refractivity contribution in [2.45, 2.75) is 13.0 Å². The Bertz CT molecular complexity index is 594. The average Bonchev–Trinajstić information content (AvgIpc) is 3.10. The summed E-state index contributed by atoms with van der Waals surface area (Å²) in [6.45, 7) is 2.23. The SMILES string of the molecule is O=C(O)[C@H]1CCN(Cc2cnn(-c3ccccc3)c2)C1. The predicted octanol–water partition coefficient (Wildman–Crippen LogP) is 1.78. The largest absolute Gasteiger partial charge is 0.481 e. The summed E-state index contributed by atoms with van der Waals surface area (Å²) in [5.74, 6) is -0.911. The Kier molecular flexibility index (Phi) is 3.52. The van der Waals surface area contributed by atoms with Crippen molar-refractivity contribution in [1.29, 1.82) is 0 Å². The maximum atomic E-state index is 10.9. The van der Waals surface area contributed by atoms with Crippen molar-refractivity contribution in [3.63, 3.8) is 0 Å². The highest BCUT2D eigenvalue weighted by Gasteiger charge is 2.27. The van der Waals surface area contributed by atoms with Gasteiger partial charge in [-0.2, -0.15) is 5.10 Å². The third-order valence-electron chi connectivity index (χ3n) is 3.68. The number of aliphatic carboxylic acids is 1. The Labute approximate surface area is 117 Å². The molecule has 1 aromatic heterocycles. The average molecular weight is 271 g/mol. The molecule has 5 nitrogen and oxygen atoms in total. The molecule has 0 aliphatic carbocycles. The molecular formula is C15H17N3O2. The van der Waals surface area contributed by atoms with Crippen molar-refractivity contribution >= 4 is 5.97 Å². The quantitative estimate of drug-likeness (QED) is 0.921. The van der Waals surface area contributed by atoms with E-state index in [0.29, 0.717) is 6.54 Å². The monoisotopic (exact) mass is 271 g/mol. The van der Waals surface area contributed by atoms with Crippen molar-refractivity contribution in [2.75, 3.05) is 13.1 Å². The van der Waals surface area contributed by atoms with Crippen molar-refractivity contribution < 1.29 is 9.90 Å². The molecule has 1 aliphatic rings. The van der Waals surface area contributed by atoms with Crippen molar-refractivity contribution in [3.05, 3.63) is 48.3 Å². The van der Waals surface area contributed by atoms with Crippen LogP contribution in [0.25, 0.3) is 5.69 Å². The van der Waals surface area contributed by atoms with Crippen molar-refractivity contribution in [3.8, 4) is 5.69 Å². The van der Waals surface area contributed by atoms with Gasteiger partial charge in [-0.05, 0) is 25.1 Å². The summed E-state index contributed by atoms with van der Waals surface area (Å²) in [6.07, 6.45) is 4.59. The molecule has 2 heterocycles. The minimum absolute atomic E-state index is 0.223. The van der Waals surface area contributed by atoms with Gasteiger partial charge in [0.2, 0.25) is 0 Å². The van der Waals surface area contributed by atoms with Gasteiger partial charge >= 0.3 is 5.97 Å². The van der Waals surface area contributed by atoms with E-state index in [1.165, 1.54) is 0 Å². The Hall–Kier alpha value is -2.14. The van der Waals surface area contributed by atoms with Crippen LogP contribution in [0, 0.1) is 5.92 Å². The summed E-state index contributed by atoms with van der Waals surface area (Å²) >= 11 is 0. The lowest BCUT2D eigenvalue weighted by Crippen LogP contribution is -2.22. The molecule has 1 aliphatic heterocycles. The normalized spacial score (nSPS) is 19.3. The van der Waals surface area contributed by atoms with E-state index >= 15 is 0 Å². The molecule has 3 rings (SSSR count). The lowest BCUT2D eigenvalue weighted by atomic mass is 10.1. The standard InChI is InChI=1S/C15H17N3O2/c19-15(20)13-6-7-17(11-13)9-12-8-16-18(10-12)14-4-2-1-3-5-14/h1-5,8,10,13H,6-7,9,11H2,(H,19,20)/t13-/m0/s1. The lowest BCUT2D eigenvalue weighted by molar-refractivity contribution is -0.141. The maximum Gasteiger partial charge on any atom is 0.307 e. The number of carboxylic acid groups (broad SMARTS) is 1. The second kappa shape index (κ2) is 5.46. The Balaban J connectivity index is 1.65. The fraction of sp³-hybridized carbons (Fsp3) is 0.333. The molecule has 2 aromatic rings. The van der Waals surface area contributed by atoms with Crippen LogP contribution in [0.4, 0.5) is 0 Å². The van der Waals surface area contributed by atoms with Gasteiger partial charge in [-0.1, -0.05) is 18.2 Å². The van der Waals surface area contributed by atoms with E-state index in [-0.39, 0.29) is 5.92 Å².